The van der Waals surface area contributed by atoms with Gasteiger partial charge in [0, 0.05) is 38.9 Å². The van der Waals surface area contributed by atoms with Crippen LogP contribution in [0.5, 0.6) is 0 Å². The summed E-state index contributed by atoms with van der Waals surface area (Å²) < 4.78 is 23.5. The van der Waals surface area contributed by atoms with Gasteiger partial charge in [-0.05, 0) is 35.4 Å². The lowest BCUT2D eigenvalue weighted by Crippen LogP contribution is -2.46. The maximum atomic E-state index is 13.4. The predicted molar refractivity (Wildman–Crippen MR) is 138 cm³/mol. The molecule has 2 aromatic carbocycles. The Morgan fingerprint density at radius 2 is 1.79 bits per heavy atom. The normalized spacial score (nSPS) is 15.2. The largest absolute Gasteiger partial charge is 0.453 e. The third kappa shape index (κ3) is 8.45. The number of benzene rings is 2. The van der Waals surface area contributed by atoms with Crippen LogP contribution in [0.3, 0.4) is 0 Å². The fourth-order valence-corrected chi connectivity index (χ4v) is 3.51. The Bertz CT molecular complexity index is 890. The maximum absolute atomic E-state index is 13.4. The molecule has 8 nitrogen and oxygen atoms in total. The highest BCUT2D eigenvalue weighted by Gasteiger charge is 2.23. The molecule has 0 saturated carbocycles. The lowest BCUT2D eigenvalue weighted by molar-refractivity contribution is 0.0170. The molecule has 1 saturated heterocycles. The number of carbonyl (C=O) groups is 1. The van der Waals surface area contributed by atoms with Crippen molar-refractivity contribution in [1.82, 2.24) is 15.5 Å². The minimum absolute atomic E-state index is 0. The first-order valence-corrected chi connectivity index (χ1v) is 10.5. The Kier molecular flexibility index (Phi) is 11.3. The molecule has 0 aliphatic carbocycles. The molecule has 1 heterocycles. The van der Waals surface area contributed by atoms with E-state index in [4.69, 9.17) is 4.74 Å². The van der Waals surface area contributed by atoms with Gasteiger partial charge in [0.05, 0.1) is 26.4 Å². The summed E-state index contributed by atoms with van der Waals surface area (Å²) in [4.78, 5) is 17.9. The maximum Gasteiger partial charge on any atom is 0.411 e. The number of halogens is 2. The molecule has 1 fully saturated rings. The zero-order valence-electron chi connectivity index (χ0n) is 18.8. The number of aliphatic imine (C=N–C) groups is 1. The summed E-state index contributed by atoms with van der Waals surface area (Å²) in [6.45, 7) is 4.20. The monoisotopic (exact) mass is 571 g/mol. The van der Waals surface area contributed by atoms with Crippen molar-refractivity contribution in [3.8, 4) is 0 Å². The van der Waals surface area contributed by atoms with Crippen LogP contribution in [0, 0.1) is 5.82 Å². The molecule has 1 unspecified atom stereocenters. The van der Waals surface area contributed by atoms with Gasteiger partial charge in [-0.1, -0.05) is 24.3 Å². The molecule has 10 heteroatoms. The number of rotatable bonds is 7. The Labute approximate surface area is 210 Å². The van der Waals surface area contributed by atoms with Crippen molar-refractivity contribution in [2.75, 3.05) is 52.3 Å². The second-order valence-electron chi connectivity index (χ2n) is 7.34. The molecule has 3 rings (SSSR count). The van der Waals surface area contributed by atoms with Crippen LogP contribution < -0.4 is 16.0 Å². The zero-order chi connectivity index (χ0) is 22.8. The van der Waals surface area contributed by atoms with E-state index < -0.39 is 6.09 Å². The molecular weight excluding hydrogens is 540 g/mol. The number of morpholine rings is 1. The first-order chi connectivity index (χ1) is 15.6. The molecule has 0 aromatic heterocycles. The number of nitrogens with one attached hydrogen (secondary N) is 3. The van der Waals surface area contributed by atoms with Gasteiger partial charge in [-0.2, -0.15) is 0 Å². The summed E-state index contributed by atoms with van der Waals surface area (Å²) in [6, 6.07) is 14.2. The van der Waals surface area contributed by atoms with Gasteiger partial charge in [-0.3, -0.25) is 15.2 Å². The molecule has 1 amide bonds. The highest BCUT2D eigenvalue weighted by Crippen LogP contribution is 2.21. The highest BCUT2D eigenvalue weighted by atomic mass is 127. The van der Waals surface area contributed by atoms with Crippen LogP contribution in [0.15, 0.2) is 53.5 Å². The van der Waals surface area contributed by atoms with Gasteiger partial charge < -0.3 is 20.1 Å². The summed E-state index contributed by atoms with van der Waals surface area (Å²) >= 11 is 0. The van der Waals surface area contributed by atoms with E-state index in [-0.39, 0.29) is 35.8 Å². The second kappa shape index (κ2) is 14.0. The molecular formula is C23H31FIN5O3. The summed E-state index contributed by atoms with van der Waals surface area (Å²) in [6.07, 6.45) is -0.503. The van der Waals surface area contributed by atoms with Crippen molar-refractivity contribution >= 4 is 41.7 Å². The molecule has 2 aromatic rings. The number of hydrogen-bond donors (Lipinski definition) is 3. The summed E-state index contributed by atoms with van der Waals surface area (Å²) in [5.41, 5.74) is 2.74. The number of anilines is 1. The van der Waals surface area contributed by atoms with E-state index >= 15 is 0 Å². The van der Waals surface area contributed by atoms with Crippen LogP contribution in [0.4, 0.5) is 14.9 Å². The molecule has 33 heavy (non-hydrogen) atoms. The second-order valence-corrected chi connectivity index (χ2v) is 7.34. The lowest BCUT2D eigenvalue weighted by atomic mass is 10.0. The molecule has 180 valence electrons. The standard InChI is InChI=1S/C23H30FN5O3.HI/c1-25-22(26-15-17-3-9-20(10-4-17)28-23(30)31-2)27-16-21(29-11-13-32-14-12-29)18-5-7-19(24)8-6-18;/h3-10,21H,11-16H2,1-2H3,(H,28,30)(H2,25,26,27);1H. The van der Waals surface area contributed by atoms with Gasteiger partial charge in [-0.15, -0.1) is 24.0 Å². The average molecular weight is 571 g/mol. The van der Waals surface area contributed by atoms with E-state index in [1.165, 1.54) is 19.2 Å². The fourth-order valence-electron chi connectivity index (χ4n) is 3.51. The number of carbonyl (C=O) groups excluding carboxylic acids is 1. The predicted octanol–water partition coefficient (Wildman–Crippen LogP) is 3.36. The Balaban J connectivity index is 0.00000385. The van der Waals surface area contributed by atoms with Crippen LogP contribution in [0.2, 0.25) is 0 Å². The SMILES string of the molecule is CN=C(NCc1ccc(NC(=O)OC)cc1)NCC(c1ccc(F)cc1)N1CCOCC1.I. The topological polar surface area (TPSA) is 87.2 Å². The Morgan fingerprint density at radius 3 is 2.39 bits per heavy atom. The average Bonchev–Trinajstić information content (AvgIpc) is 2.83. The van der Waals surface area contributed by atoms with Gasteiger partial charge in [0.25, 0.3) is 0 Å². The Morgan fingerprint density at radius 1 is 1.12 bits per heavy atom. The van der Waals surface area contributed by atoms with Gasteiger partial charge >= 0.3 is 6.09 Å². The minimum Gasteiger partial charge on any atom is -0.453 e. The number of amides is 1. The van der Waals surface area contributed by atoms with E-state index in [2.05, 4.69) is 30.6 Å². The Hall–Kier alpha value is -2.44. The number of ether oxygens (including phenoxy) is 2. The first-order valence-electron chi connectivity index (χ1n) is 10.5. The molecule has 1 aliphatic heterocycles. The van der Waals surface area contributed by atoms with Gasteiger partial charge in [-0.25, -0.2) is 9.18 Å². The highest BCUT2D eigenvalue weighted by molar-refractivity contribution is 14.0. The molecule has 1 aliphatic rings. The van der Waals surface area contributed by atoms with Crippen LogP contribution in [-0.2, 0) is 16.0 Å². The quantitative estimate of drug-likeness (QED) is 0.269. The van der Waals surface area contributed by atoms with Crippen molar-refractivity contribution < 1.29 is 18.7 Å². The van der Waals surface area contributed by atoms with E-state index in [1.807, 2.05) is 36.4 Å². The van der Waals surface area contributed by atoms with Crippen molar-refractivity contribution in [2.45, 2.75) is 12.6 Å². The molecule has 0 radical (unpaired) electrons. The van der Waals surface area contributed by atoms with Crippen LogP contribution >= 0.6 is 24.0 Å². The number of nitrogens with zero attached hydrogens (tertiary/aromatic N) is 2. The van der Waals surface area contributed by atoms with E-state index in [1.54, 1.807) is 7.05 Å². The molecule has 0 bridgehead atoms. The van der Waals surface area contributed by atoms with Gasteiger partial charge in [0.1, 0.15) is 5.82 Å². The van der Waals surface area contributed by atoms with Crippen LogP contribution in [0.25, 0.3) is 0 Å². The van der Waals surface area contributed by atoms with Crippen molar-refractivity contribution in [1.29, 1.82) is 0 Å². The lowest BCUT2D eigenvalue weighted by Gasteiger charge is -2.35. The van der Waals surface area contributed by atoms with Crippen molar-refractivity contribution in [3.05, 3.63) is 65.5 Å². The number of methoxy groups -OCH3 is 1. The summed E-state index contributed by atoms with van der Waals surface area (Å²) in [5.74, 6) is 0.426. The molecule has 3 N–H and O–H groups in total. The van der Waals surface area contributed by atoms with Gasteiger partial charge in [0.2, 0.25) is 0 Å². The number of hydrogen-bond acceptors (Lipinski definition) is 5. The number of guanidine groups is 1. The van der Waals surface area contributed by atoms with Crippen molar-refractivity contribution in [2.24, 2.45) is 4.99 Å². The van der Waals surface area contributed by atoms with Crippen LogP contribution in [-0.4, -0.2) is 64.0 Å². The summed E-state index contributed by atoms with van der Waals surface area (Å²) in [7, 11) is 3.05. The molecule has 0 spiro atoms. The third-order valence-electron chi connectivity index (χ3n) is 5.27. The summed E-state index contributed by atoms with van der Waals surface area (Å²) in [5, 5.41) is 9.31. The zero-order valence-corrected chi connectivity index (χ0v) is 21.2. The molecule has 1 atom stereocenters. The smallest absolute Gasteiger partial charge is 0.411 e. The van der Waals surface area contributed by atoms with E-state index in [0.717, 1.165) is 24.2 Å². The first kappa shape index (κ1) is 26.8. The minimum atomic E-state index is -0.503. The van der Waals surface area contributed by atoms with Gasteiger partial charge in [0.15, 0.2) is 5.96 Å². The van der Waals surface area contributed by atoms with E-state index in [0.29, 0.717) is 38.0 Å². The van der Waals surface area contributed by atoms with Crippen LogP contribution in [0.1, 0.15) is 17.2 Å². The fraction of sp³-hybridized carbons (Fsp3) is 0.391. The van der Waals surface area contributed by atoms with E-state index in [9.17, 15) is 9.18 Å². The third-order valence-corrected chi connectivity index (χ3v) is 5.27. The van der Waals surface area contributed by atoms with Crippen molar-refractivity contribution in [3.63, 3.8) is 0 Å².